The fourth-order valence-corrected chi connectivity index (χ4v) is 6.64. The van der Waals surface area contributed by atoms with E-state index in [1.165, 1.54) is 60.7 Å². The zero-order valence-electron chi connectivity index (χ0n) is 27.2. The molecule has 20 heteroatoms. The third-order valence-electron chi connectivity index (χ3n) is 6.94. The number of aromatic hydroxyl groups is 2. The third-order valence-corrected chi connectivity index (χ3v) is 8.31. The minimum atomic E-state index is -4.45. The van der Waals surface area contributed by atoms with E-state index >= 15 is 0 Å². The molecule has 0 aliphatic carbocycles. The molecule has 0 saturated carbocycles. The van der Waals surface area contributed by atoms with E-state index in [1.54, 1.807) is 0 Å². The molecule has 0 spiro atoms. The summed E-state index contributed by atoms with van der Waals surface area (Å²) in [5, 5.41) is 66.1. The normalized spacial score (nSPS) is 13.5. The Hall–Kier alpha value is -1.03. The molecule has 0 amide bonds. The smallest absolute Gasteiger partial charge is 0.549 e. The molecular weight excluding hydrogens is 708 g/mol. The summed E-state index contributed by atoms with van der Waals surface area (Å²) < 4.78 is 32.5. The Balaban J connectivity index is 0.00000576. The van der Waals surface area contributed by atoms with E-state index in [1.807, 2.05) is 0 Å². The Kier molecular flexibility index (Phi) is 19.8. The van der Waals surface area contributed by atoms with E-state index < -0.39 is 90.4 Å². The number of rotatable bonds is 14. The Morgan fingerprint density at radius 2 is 1.00 bits per heavy atom. The predicted octanol–water partition coefficient (Wildman–Crippen LogP) is -16.3. The van der Waals surface area contributed by atoms with Crippen molar-refractivity contribution >= 4 is 34.0 Å². The molecule has 0 aromatic heterocycles. The molecule has 3 aromatic rings. The number of phenolic OH excluding ortho intramolecular Hbond substituents is 2. The van der Waals surface area contributed by atoms with Crippen molar-refractivity contribution in [2.45, 2.75) is 23.6 Å². The summed E-state index contributed by atoms with van der Waals surface area (Å²) in [7, 11) is -4.45. The van der Waals surface area contributed by atoms with Crippen LogP contribution < -0.4 is 139 Å². The van der Waals surface area contributed by atoms with Crippen molar-refractivity contribution < 1.29 is 181 Å². The van der Waals surface area contributed by atoms with Crippen LogP contribution in [0.4, 0.5) is 0 Å². The zero-order valence-corrected chi connectivity index (χ0v) is 36.0. The van der Waals surface area contributed by atoms with Crippen molar-refractivity contribution in [3.05, 3.63) is 88.5 Å². The van der Waals surface area contributed by atoms with Crippen molar-refractivity contribution in [2.75, 3.05) is 26.2 Å². The zero-order chi connectivity index (χ0) is 33.1. The summed E-state index contributed by atoms with van der Waals surface area (Å²) in [6, 6.07) is 13.3. The first kappa shape index (κ1) is 48.0. The average Bonchev–Trinajstić information content (AvgIpc) is 3.17. The molecule has 1 heterocycles. The first-order valence-electron chi connectivity index (χ1n) is 13.1. The van der Waals surface area contributed by atoms with Crippen LogP contribution >= 0.6 is 0 Å². The molecule has 4 rings (SSSR count). The second kappa shape index (κ2) is 20.3. The van der Waals surface area contributed by atoms with Gasteiger partial charge in [-0.15, -0.1) is 0 Å². The SMILES string of the molecule is O=C([O-])CN(CC(=O)[O-])Cc1cc(C2(c3ccc(O)c(CN(CC(=O)[O-])CC(=O)[O-])c3)OS(=O)(=O)c3ccccc32)ccc1O.[Na+].[Na+].[Na+].[Na+]. The molecule has 0 bridgehead atoms. The van der Waals surface area contributed by atoms with Crippen LogP contribution in [0.2, 0.25) is 0 Å². The van der Waals surface area contributed by atoms with Gasteiger partial charge in [-0.3, -0.25) is 9.80 Å². The molecule has 0 fully saturated rings. The van der Waals surface area contributed by atoms with Crippen molar-refractivity contribution in [1.82, 2.24) is 9.80 Å². The van der Waals surface area contributed by atoms with Gasteiger partial charge in [0.2, 0.25) is 0 Å². The van der Waals surface area contributed by atoms with Gasteiger partial charge in [0.25, 0.3) is 10.1 Å². The van der Waals surface area contributed by atoms with Crippen LogP contribution in [0.3, 0.4) is 0 Å². The fraction of sp³-hybridized carbons (Fsp3) is 0.241. The Morgan fingerprint density at radius 1 is 0.633 bits per heavy atom. The van der Waals surface area contributed by atoms with Crippen LogP contribution in [0.15, 0.2) is 65.6 Å². The molecular formula is C29H24N2Na4O13S. The van der Waals surface area contributed by atoms with Crippen molar-refractivity contribution in [1.29, 1.82) is 0 Å². The molecule has 0 saturated heterocycles. The fourth-order valence-electron chi connectivity index (χ4n) is 5.21. The summed E-state index contributed by atoms with van der Waals surface area (Å²) in [4.78, 5) is 46.5. The number of carbonyl (C=O) groups excluding carboxylic acids is 4. The number of carboxylic acid groups (broad SMARTS) is 4. The van der Waals surface area contributed by atoms with Gasteiger partial charge >= 0.3 is 118 Å². The van der Waals surface area contributed by atoms with Gasteiger partial charge in [0.1, 0.15) is 16.4 Å². The number of nitrogens with zero attached hydrogens (tertiary/aromatic N) is 2. The summed E-state index contributed by atoms with van der Waals surface area (Å²) in [6.07, 6.45) is 0. The van der Waals surface area contributed by atoms with Gasteiger partial charge in [-0.2, -0.15) is 8.42 Å². The van der Waals surface area contributed by atoms with Crippen LogP contribution in [0.5, 0.6) is 11.5 Å². The van der Waals surface area contributed by atoms with Gasteiger partial charge in [0, 0.05) is 56.0 Å². The van der Waals surface area contributed by atoms with Crippen LogP contribution in [-0.2, 0) is 52.2 Å². The minimum absolute atomic E-state index is 0. The van der Waals surface area contributed by atoms with Crippen molar-refractivity contribution in [2.24, 2.45) is 0 Å². The quantitative estimate of drug-likeness (QED) is 0.115. The summed E-state index contributed by atoms with van der Waals surface area (Å²) >= 11 is 0. The largest absolute Gasteiger partial charge is 1.00 e. The van der Waals surface area contributed by atoms with E-state index in [4.69, 9.17) is 4.18 Å². The molecule has 0 unspecified atom stereocenters. The summed E-state index contributed by atoms with van der Waals surface area (Å²) in [5.41, 5.74) is -1.81. The minimum Gasteiger partial charge on any atom is -0.549 e. The van der Waals surface area contributed by atoms with Crippen molar-refractivity contribution in [3.8, 4) is 11.5 Å². The van der Waals surface area contributed by atoms with Gasteiger partial charge in [-0.05, 0) is 41.5 Å². The van der Waals surface area contributed by atoms with Gasteiger partial charge in [0.05, 0.1) is 23.9 Å². The van der Waals surface area contributed by atoms with Crippen molar-refractivity contribution in [3.63, 3.8) is 0 Å². The van der Waals surface area contributed by atoms with E-state index in [0.29, 0.717) is 0 Å². The number of carboxylic acids is 4. The number of hydrogen-bond donors (Lipinski definition) is 2. The molecule has 0 radical (unpaired) electrons. The maximum absolute atomic E-state index is 13.3. The predicted molar refractivity (Wildman–Crippen MR) is 141 cm³/mol. The monoisotopic (exact) mass is 732 g/mol. The Labute approximate surface area is 369 Å². The van der Waals surface area contributed by atoms with Gasteiger partial charge in [-0.25, -0.2) is 4.18 Å². The molecule has 15 nitrogen and oxygen atoms in total. The number of fused-ring (bicyclic) bond motifs is 1. The second-order valence-corrected chi connectivity index (χ2v) is 11.7. The summed E-state index contributed by atoms with van der Waals surface area (Å²) in [6.45, 7) is -4.26. The maximum Gasteiger partial charge on any atom is 1.00 e. The first-order valence-corrected chi connectivity index (χ1v) is 14.5. The molecule has 3 aromatic carbocycles. The summed E-state index contributed by atoms with van der Waals surface area (Å²) in [5.74, 6) is -7.21. The second-order valence-electron chi connectivity index (χ2n) is 10.2. The third kappa shape index (κ3) is 11.7. The van der Waals surface area contributed by atoms with Crippen LogP contribution in [0, 0.1) is 0 Å². The van der Waals surface area contributed by atoms with E-state index in [0.717, 1.165) is 9.80 Å². The Morgan fingerprint density at radius 3 is 1.37 bits per heavy atom. The van der Waals surface area contributed by atoms with Crippen LogP contribution in [-0.4, -0.2) is 78.5 Å². The first-order chi connectivity index (χ1) is 21.1. The number of carbonyl (C=O) groups is 4. The molecule has 238 valence electrons. The Bertz CT molecular complexity index is 1670. The molecule has 2 N–H and O–H groups in total. The average molecular weight is 733 g/mol. The molecule has 0 atom stereocenters. The number of aliphatic carboxylic acids is 4. The van der Waals surface area contributed by atoms with E-state index in [9.17, 15) is 58.2 Å². The molecule has 1 aliphatic rings. The molecule has 49 heavy (non-hydrogen) atoms. The van der Waals surface area contributed by atoms with Gasteiger partial charge < -0.3 is 49.8 Å². The maximum atomic E-state index is 13.3. The van der Waals surface area contributed by atoms with Crippen LogP contribution in [0.25, 0.3) is 0 Å². The topological polar surface area (TPSA) is 251 Å². The van der Waals surface area contributed by atoms with Gasteiger partial charge in [0.15, 0.2) is 5.60 Å². The van der Waals surface area contributed by atoms with Gasteiger partial charge in [-0.1, -0.05) is 30.3 Å². The standard InChI is InChI=1S/C29H28N2O13S.4Na/c32-22-7-5-19(9-17(22)11-30(13-25(34)35)14-26(36)37)29(21-3-1-2-4-24(21)45(42,43)44-29)20-6-8-23(33)18(10-20)12-31(15-27(38)39)16-28(40)41;;;;/h1-10,32-33H,11-16H2,(H,34,35)(H,36,37)(H,38,39)(H,40,41);;;;/q;4*+1/p-4. The number of benzene rings is 3. The van der Waals surface area contributed by atoms with E-state index in [2.05, 4.69) is 0 Å². The number of phenols is 2. The van der Waals surface area contributed by atoms with E-state index in [-0.39, 0.29) is 151 Å². The number of hydrogen-bond acceptors (Lipinski definition) is 15. The molecule has 1 aliphatic heterocycles. The van der Waals surface area contributed by atoms with Crippen LogP contribution in [0.1, 0.15) is 27.8 Å².